The van der Waals surface area contributed by atoms with Gasteiger partial charge in [0.05, 0.1) is 11.8 Å². The number of benzene rings is 1. The third-order valence-electron chi connectivity index (χ3n) is 3.71. The summed E-state index contributed by atoms with van der Waals surface area (Å²) in [5.74, 6) is -0.735. The monoisotopic (exact) mass is 342 g/mol. The molecule has 7 heteroatoms. The molecule has 25 heavy (non-hydrogen) atoms. The Morgan fingerprint density at radius 3 is 2.44 bits per heavy atom. The van der Waals surface area contributed by atoms with Crippen LogP contribution in [-0.4, -0.2) is 53.0 Å². The van der Waals surface area contributed by atoms with Crippen molar-refractivity contribution >= 4 is 17.6 Å². The summed E-state index contributed by atoms with van der Waals surface area (Å²) >= 11 is 0. The standard InChI is InChI=1S/C18H22N4O3/c1-3-22(4-2)11-12-25-18(24)14-5-7-15(8-6-14)21-17(23)16-13-19-9-10-20-16/h5-10,13H,3-4,11-12H2,1-2H3,(H,21,23). The van der Waals surface area contributed by atoms with E-state index in [2.05, 4.69) is 34.0 Å². The van der Waals surface area contributed by atoms with Crippen LogP contribution < -0.4 is 5.32 Å². The van der Waals surface area contributed by atoms with Crippen molar-refractivity contribution in [2.24, 2.45) is 0 Å². The van der Waals surface area contributed by atoms with E-state index in [1.165, 1.54) is 18.6 Å². The van der Waals surface area contributed by atoms with Crippen molar-refractivity contribution in [3.63, 3.8) is 0 Å². The highest BCUT2D eigenvalue weighted by atomic mass is 16.5. The molecule has 1 N–H and O–H groups in total. The van der Waals surface area contributed by atoms with Gasteiger partial charge in [0.25, 0.3) is 5.91 Å². The Labute approximate surface area is 147 Å². The van der Waals surface area contributed by atoms with Crippen LogP contribution in [0.3, 0.4) is 0 Å². The van der Waals surface area contributed by atoms with Crippen molar-refractivity contribution in [1.29, 1.82) is 0 Å². The minimum atomic E-state index is -0.376. The van der Waals surface area contributed by atoms with E-state index >= 15 is 0 Å². The van der Waals surface area contributed by atoms with Gasteiger partial charge in [0, 0.05) is 24.6 Å². The molecule has 0 aliphatic rings. The number of rotatable bonds is 8. The van der Waals surface area contributed by atoms with Gasteiger partial charge in [-0.25, -0.2) is 9.78 Å². The molecular formula is C18H22N4O3. The van der Waals surface area contributed by atoms with Crippen molar-refractivity contribution in [2.45, 2.75) is 13.8 Å². The summed E-state index contributed by atoms with van der Waals surface area (Å²) < 4.78 is 5.27. The first kappa shape index (κ1) is 18.5. The Hall–Kier alpha value is -2.80. The molecule has 0 atom stereocenters. The van der Waals surface area contributed by atoms with Crippen LogP contribution >= 0.6 is 0 Å². The summed E-state index contributed by atoms with van der Waals surface area (Å²) in [6.45, 7) is 7.05. The molecule has 0 bridgehead atoms. The molecule has 0 aliphatic heterocycles. The first-order valence-corrected chi connectivity index (χ1v) is 8.21. The minimum absolute atomic E-state index is 0.224. The second kappa shape index (κ2) is 9.48. The lowest BCUT2D eigenvalue weighted by atomic mass is 10.2. The summed E-state index contributed by atoms with van der Waals surface area (Å²) in [6, 6.07) is 6.53. The number of hydrogen-bond donors (Lipinski definition) is 1. The van der Waals surface area contributed by atoms with E-state index in [-0.39, 0.29) is 17.6 Å². The van der Waals surface area contributed by atoms with E-state index in [9.17, 15) is 9.59 Å². The first-order valence-electron chi connectivity index (χ1n) is 8.21. The van der Waals surface area contributed by atoms with Crippen molar-refractivity contribution in [1.82, 2.24) is 14.9 Å². The Bertz CT molecular complexity index is 685. The predicted octanol–water partition coefficient (Wildman–Crippen LogP) is 2.23. The molecule has 1 amide bonds. The number of likely N-dealkylation sites (N-methyl/N-ethyl adjacent to an activating group) is 1. The van der Waals surface area contributed by atoms with Crippen LogP contribution in [0.15, 0.2) is 42.9 Å². The van der Waals surface area contributed by atoms with E-state index in [0.29, 0.717) is 24.4 Å². The number of nitrogens with one attached hydrogen (secondary N) is 1. The van der Waals surface area contributed by atoms with E-state index < -0.39 is 0 Å². The third-order valence-corrected chi connectivity index (χ3v) is 3.71. The molecule has 2 aromatic rings. The molecule has 0 saturated carbocycles. The summed E-state index contributed by atoms with van der Waals surface area (Å²) in [4.78, 5) is 34.0. The summed E-state index contributed by atoms with van der Waals surface area (Å²) in [5.41, 5.74) is 1.23. The van der Waals surface area contributed by atoms with Gasteiger partial charge in [-0.15, -0.1) is 0 Å². The highest BCUT2D eigenvalue weighted by Crippen LogP contribution is 2.11. The van der Waals surface area contributed by atoms with Gasteiger partial charge in [0.15, 0.2) is 0 Å². The van der Waals surface area contributed by atoms with E-state index in [4.69, 9.17) is 4.74 Å². The van der Waals surface area contributed by atoms with Crippen molar-refractivity contribution < 1.29 is 14.3 Å². The quantitative estimate of drug-likeness (QED) is 0.741. The van der Waals surface area contributed by atoms with Crippen molar-refractivity contribution in [3.8, 4) is 0 Å². The van der Waals surface area contributed by atoms with Crippen LogP contribution in [0, 0.1) is 0 Å². The lowest BCUT2D eigenvalue weighted by molar-refractivity contribution is 0.0466. The largest absolute Gasteiger partial charge is 0.461 e. The van der Waals surface area contributed by atoms with Gasteiger partial charge in [-0.05, 0) is 37.4 Å². The van der Waals surface area contributed by atoms with Crippen LogP contribution in [0.25, 0.3) is 0 Å². The molecule has 0 fully saturated rings. The normalized spacial score (nSPS) is 10.5. The fourth-order valence-electron chi connectivity index (χ4n) is 2.19. The zero-order valence-corrected chi connectivity index (χ0v) is 14.4. The molecule has 7 nitrogen and oxygen atoms in total. The van der Waals surface area contributed by atoms with Crippen molar-refractivity contribution in [2.75, 3.05) is 31.6 Å². The van der Waals surface area contributed by atoms with Crippen LogP contribution in [0.5, 0.6) is 0 Å². The number of amides is 1. The molecule has 1 heterocycles. The number of ether oxygens (including phenoxy) is 1. The van der Waals surface area contributed by atoms with Gasteiger partial charge >= 0.3 is 5.97 Å². The Kier molecular flexibility index (Phi) is 7.03. The lowest BCUT2D eigenvalue weighted by Crippen LogP contribution is -2.27. The number of carbonyl (C=O) groups is 2. The summed E-state index contributed by atoms with van der Waals surface area (Å²) in [5, 5.41) is 2.70. The fraction of sp³-hybridized carbons (Fsp3) is 0.333. The number of esters is 1. The summed E-state index contributed by atoms with van der Waals surface area (Å²) in [7, 11) is 0. The SMILES string of the molecule is CCN(CC)CCOC(=O)c1ccc(NC(=O)c2cnccn2)cc1. The maximum atomic E-state index is 12.0. The van der Waals surface area contributed by atoms with Gasteiger partial charge in [0.1, 0.15) is 12.3 Å². The van der Waals surface area contributed by atoms with Crippen LogP contribution in [-0.2, 0) is 4.74 Å². The molecule has 0 unspecified atom stereocenters. The third kappa shape index (κ3) is 5.65. The fourth-order valence-corrected chi connectivity index (χ4v) is 2.19. The summed E-state index contributed by atoms with van der Waals surface area (Å²) in [6.07, 6.45) is 4.33. The number of hydrogen-bond acceptors (Lipinski definition) is 6. The Morgan fingerprint density at radius 1 is 1.12 bits per heavy atom. The number of anilines is 1. The Morgan fingerprint density at radius 2 is 1.84 bits per heavy atom. The highest BCUT2D eigenvalue weighted by Gasteiger charge is 2.10. The number of carbonyl (C=O) groups excluding carboxylic acids is 2. The molecule has 0 aliphatic carbocycles. The zero-order chi connectivity index (χ0) is 18.1. The zero-order valence-electron chi connectivity index (χ0n) is 14.4. The van der Waals surface area contributed by atoms with Gasteiger partial charge < -0.3 is 15.0 Å². The van der Waals surface area contributed by atoms with Crippen LogP contribution in [0.4, 0.5) is 5.69 Å². The lowest BCUT2D eigenvalue weighted by Gasteiger charge is -2.17. The van der Waals surface area contributed by atoms with E-state index in [1.807, 2.05) is 0 Å². The van der Waals surface area contributed by atoms with Gasteiger partial charge in [0.2, 0.25) is 0 Å². The second-order valence-electron chi connectivity index (χ2n) is 5.28. The average Bonchev–Trinajstić information content (AvgIpc) is 2.66. The molecule has 0 saturated heterocycles. The average molecular weight is 342 g/mol. The molecule has 2 rings (SSSR count). The van der Waals surface area contributed by atoms with Crippen molar-refractivity contribution in [3.05, 3.63) is 54.1 Å². The van der Waals surface area contributed by atoms with E-state index in [0.717, 1.165) is 13.1 Å². The van der Waals surface area contributed by atoms with E-state index in [1.54, 1.807) is 24.3 Å². The molecule has 132 valence electrons. The first-order chi connectivity index (χ1) is 12.1. The van der Waals surface area contributed by atoms with Gasteiger partial charge in [-0.2, -0.15) is 0 Å². The predicted molar refractivity (Wildman–Crippen MR) is 94.5 cm³/mol. The second-order valence-corrected chi connectivity index (χ2v) is 5.28. The number of nitrogens with zero attached hydrogens (tertiary/aromatic N) is 3. The minimum Gasteiger partial charge on any atom is -0.461 e. The van der Waals surface area contributed by atoms with Gasteiger partial charge in [-0.1, -0.05) is 13.8 Å². The molecule has 0 radical (unpaired) electrons. The number of aromatic nitrogens is 2. The van der Waals surface area contributed by atoms with Crippen LogP contribution in [0.2, 0.25) is 0 Å². The molecule has 1 aromatic heterocycles. The topological polar surface area (TPSA) is 84.4 Å². The highest BCUT2D eigenvalue weighted by molar-refractivity contribution is 6.02. The molecule has 0 spiro atoms. The smallest absolute Gasteiger partial charge is 0.338 e. The maximum Gasteiger partial charge on any atom is 0.338 e. The Balaban J connectivity index is 1.86. The molecular weight excluding hydrogens is 320 g/mol. The van der Waals surface area contributed by atoms with Crippen LogP contribution in [0.1, 0.15) is 34.7 Å². The molecule has 1 aromatic carbocycles. The maximum absolute atomic E-state index is 12.0. The van der Waals surface area contributed by atoms with Gasteiger partial charge in [-0.3, -0.25) is 9.78 Å².